The fourth-order valence-corrected chi connectivity index (χ4v) is 4.08. The molecule has 30 heavy (non-hydrogen) atoms. The second kappa shape index (κ2) is 7.88. The highest BCUT2D eigenvalue weighted by atomic mass is 32.1. The molecule has 1 atom stereocenters. The van der Waals surface area contributed by atoms with E-state index in [1.54, 1.807) is 24.3 Å². The SMILES string of the molecule is O=C(Nc1cccc([N+](=O)[O-])c1)C(Cc1cccs1)N1C(=O)c2ccccc2C1=O. The molecule has 0 fully saturated rings. The maximum Gasteiger partial charge on any atom is 0.271 e. The Morgan fingerprint density at radius 1 is 1.03 bits per heavy atom. The minimum atomic E-state index is -1.10. The van der Waals surface area contributed by atoms with Crippen molar-refractivity contribution in [3.05, 3.63) is 92.2 Å². The summed E-state index contributed by atoms with van der Waals surface area (Å²) in [7, 11) is 0. The Hall–Kier alpha value is -3.85. The second-order valence-corrected chi connectivity index (χ2v) is 7.65. The fraction of sp³-hybridized carbons (Fsp3) is 0.0952. The first-order valence-electron chi connectivity index (χ1n) is 9.00. The van der Waals surface area contributed by atoms with E-state index >= 15 is 0 Å². The zero-order chi connectivity index (χ0) is 21.3. The number of non-ortho nitro benzene ring substituents is 1. The number of hydrogen-bond donors (Lipinski definition) is 1. The third-order valence-corrected chi connectivity index (χ3v) is 5.64. The van der Waals surface area contributed by atoms with E-state index in [9.17, 15) is 24.5 Å². The molecule has 0 bridgehead atoms. The van der Waals surface area contributed by atoms with Gasteiger partial charge in [0.25, 0.3) is 17.5 Å². The molecule has 1 aliphatic heterocycles. The Kier molecular flexibility index (Phi) is 5.11. The number of benzene rings is 2. The van der Waals surface area contributed by atoms with Crippen LogP contribution in [0, 0.1) is 10.1 Å². The number of anilines is 1. The Balaban J connectivity index is 1.66. The zero-order valence-electron chi connectivity index (χ0n) is 15.5. The van der Waals surface area contributed by atoms with Crippen molar-refractivity contribution >= 4 is 40.4 Å². The van der Waals surface area contributed by atoms with Gasteiger partial charge in [-0.2, -0.15) is 0 Å². The Labute approximate surface area is 174 Å². The molecular weight excluding hydrogens is 406 g/mol. The van der Waals surface area contributed by atoms with Gasteiger partial charge < -0.3 is 5.32 Å². The molecule has 1 aliphatic rings. The average Bonchev–Trinajstić information content (AvgIpc) is 3.34. The van der Waals surface area contributed by atoms with Crippen molar-refractivity contribution in [3.63, 3.8) is 0 Å². The maximum absolute atomic E-state index is 13.1. The van der Waals surface area contributed by atoms with Crippen LogP contribution in [0.25, 0.3) is 0 Å². The number of amides is 3. The highest BCUT2D eigenvalue weighted by Crippen LogP contribution is 2.27. The number of nitro groups is 1. The number of nitro benzene ring substituents is 1. The first-order chi connectivity index (χ1) is 14.5. The molecule has 0 saturated carbocycles. The summed E-state index contributed by atoms with van der Waals surface area (Å²) in [6.45, 7) is 0. The van der Waals surface area contributed by atoms with Crippen molar-refractivity contribution in [2.75, 3.05) is 5.32 Å². The van der Waals surface area contributed by atoms with Crippen LogP contribution in [-0.2, 0) is 11.2 Å². The van der Waals surface area contributed by atoms with Crippen molar-refractivity contribution in [1.82, 2.24) is 4.90 Å². The van der Waals surface area contributed by atoms with E-state index in [1.165, 1.54) is 35.6 Å². The number of rotatable bonds is 6. The summed E-state index contributed by atoms with van der Waals surface area (Å²) in [6.07, 6.45) is 0.143. The van der Waals surface area contributed by atoms with Crippen molar-refractivity contribution in [2.45, 2.75) is 12.5 Å². The van der Waals surface area contributed by atoms with E-state index < -0.39 is 28.7 Å². The van der Waals surface area contributed by atoms with Gasteiger partial charge in [0.2, 0.25) is 5.91 Å². The number of imide groups is 1. The summed E-state index contributed by atoms with van der Waals surface area (Å²) in [6, 6.07) is 14.4. The van der Waals surface area contributed by atoms with Gasteiger partial charge >= 0.3 is 0 Å². The molecule has 150 valence electrons. The molecule has 0 radical (unpaired) electrons. The van der Waals surface area contributed by atoms with Gasteiger partial charge in [-0.1, -0.05) is 24.3 Å². The van der Waals surface area contributed by atoms with Crippen molar-refractivity contribution in [3.8, 4) is 0 Å². The molecule has 9 heteroatoms. The molecule has 2 heterocycles. The lowest BCUT2D eigenvalue weighted by Crippen LogP contribution is -2.48. The largest absolute Gasteiger partial charge is 0.324 e. The lowest BCUT2D eigenvalue weighted by molar-refractivity contribution is -0.384. The summed E-state index contributed by atoms with van der Waals surface area (Å²) in [4.78, 5) is 51.2. The Morgan fingerprint density at radius 2 is 1.73 bits per heavy atom. The highest BCUT2D eigenvalue weighted by Gasteiger charge is 2.42. The van der Waals surface area contributed by atoms with Crippen LogP contribution in [0.2, 0.25) is 0 Å². The Morgan fingerprint density at radius 3 is 2.33 bits per heavy atom. The fourth-order valence-electron chi connectivity index (χ4n) is 3.33. The lowest BCUT2D eigenvalue weighted by Gasteiger charge is -2.25. The maximum atomic E-state index is 13.1. The van der Waals surface area contributed by atoms with E-state index in [1.807, 2.05) is 17.5 Å². The van der Waals surface area contributed by atoms with Gasteiger partial charge in [-0.25, -0.2) is 0 Å². The summed E-state index contributed by atoms with van der Waals surface area (Å²) >= 11 is 1.41. The van der Waals surface area contributed by atoms with E-state index in [2.05, 4.69) is 5.32 Å². The number of thiophene rings is 1. The predicted octanol–water partition coefficient (Wildman–Crippen LogP) is 3.50. The van der Waals surface area contributed by atoms with Crippen LogP contribution in [0.1, 0.15) is 25.6 Å². The number of carbonyl (C=O) groups is 3. The molecule has 3 aromatic rings. The van der Waals surface area contributed by atoms with Gasteiger partial charge in [0.15, 0.2) is 0 Å². The van der Waals surface area contributed by atoms with Crippen LogP contribution in [0.4, 0.5) is 11.4 Å². The van der Waals surface area contributed by atoms with Crippen molar-refractivity contribution < 1.29 is 19.3 Å². The molecule has 1 unspecified atom stereocenters. The quantitative estimate of drug-likeness (QED) is 0.372. The molecule has 0 spiro atoms. The van der Waals surface area contributed by atoms with Crippen molar-refractivity contribution in [1.29, 1.82) is 0 Å². The standard InChI is InChI=1S/C21H15N3O5S/c25-19(22-13-5-3-6-14(11-13)24(28)29)18(12-15-7-4-10-30-15)23-20(26)16-8-1-2-9-17(16)21(23)27/h1-11,18H,12H2,(H,22,25). The number of fused-ring (bicyclic) bond motifs is 1. The zero-order valence-corrected chi connectivity index (χ0v) is 16.3. The van der Waals surface area contributed by atoms with E-state index in [0.717, 1.165) is 9.78 Å². The van der Waals surface area contributed by atoms with Crippen LogP contribution >= 0.6 is 11.3 Å². The number of nitrogens with zero attached hydrogens (tertiary/aromatic N) is 2. The summed E-state index contributed by atoms with van der Waals surface area (Å²) in [5.41, 5.74) is 0.536. The van der Waals surface area contributed by atoms with Gasteiger partial charge in [0, 0.05) is 29.1 Å². The highest BCUT2D eigenvalue weighted by molar-refractivity contribution is 7.09. The average molecular weight is 421 g/mol. The molecule has 1 aromatic heterocycles. The number of carbonyl (C=O) groups excluding carboxylic acids is 3. The van der Waals surface area contributed by atoms with Gasteiger partial charge in [-0.15, -0.1) is 11.3 Å². The molecule has 3 amide bonds. The predicted molar refractivity (Wildman–Crippen MR) is 110 cm³/mol. The van der Waals surface area contributed by atoms with Gasteiger partial charge in [0.05, 0.1) is 16.1 Å². The molecule has 4 rings (SSSR count). The molecule has 1 N–H and O–H groups in total. The van der Waals surface area contributed by atoms with E-state index in [4.69, 9.17) is 0 Å². The number of nitrogens with one attached hydrogen (secondary N) is 1. The summed E-state index contributed by atoms with van der Waals surface area (Å²) < 4.78 is 0. The van der Waals surface area contributed by atoms with E-state index in [-0.39, 0.29) is 28.9 Å². The minimum Gasteiger partial charge on any atom is -0.324 e. The normalized spacial score (nSPS) is 13.8. The monoisotopic (exact) mass is 421 g/mol. The van der Waals surface area contributed by atoms with Gasteiger partial charge in [0.1, 0.15) is 6.04 Å². The van der Waals surface area contributed by atoms with Crippen LogP contribution < -0.4 is 5.32 Å². The third-order valence-electron chi connectivity index (χ3n) is 4.74. The molecule has 2 aromatic carbocycles. The minimum absolute atomic E-state index is 0.143. The van der Waals surface area contributed by atoms with E-state index in [0.29, 0.717) is 0 Å². The van der Waals surface area contributed by atoms with Crippen LogP contribution in [0.15, 0.2) is 66.0 Å². The van der Waals surface area contributed by atoms with Crippen LogP contribution in [0.3, 0.4) is 0 Å². The van der Waals surface area contributed by atoms with Gasteiger partial charge in [-0.3, -0.25) is 29.4 Å². The van der Waals surface area contributed by atoms with Crippen LogP contribution in [-0.4, -0.2) is 33.6 Å². The van der Waals surface area contributed by atoms with Crippen LogP contribution in [0.5, 0.6) is 0 Å². The smallest absolute Gasteiger partial charge is 0.271 e. The summed E-state index contributed by atoms with van der Waals surface area (Å²) in [5, 5.41) is 15.5. The molecule has 0 saturated heterocycles. The molecule has 0 aliphatic carbocycles. The topological polar surface area (TPSA) is 110 Å². The molecule has 8 nitrogen and oxygen atoms in total. The third kappa shape index (κ3) is 3.58. The Bertz CT molecular complexity index is 1120. The van der Waals surface area contributed by atoms with Crippen molar-refractivity contribution in [2.24, 2.45) is 0 Å². The lowest BCUT2D eigenvalue weighted by atomic mass is 10.1. The first-order valence-corrected chi connectivity index (χ1v) is 9.88. The van der Waals surface area contributed by atoms with Gasteiger partial charge in [-0.05, 0) is 29.6 Å². The second-order valence-electron chi connectivity index (χ2n) is 6.62. The first kappa shape index (κ1) is 19.5. The molecular formula is C21H15N3O5S. The summed E-state index contributed by atoms with van der Waals surface area (Å²) in [5.74, 6) is -1.67. The number of hydrogen-bond acceptors (Lipinski definition) is 6.